The summed E-state index contributed by atoms with van der Waals surface area (Å²) in [5, 5.41) is 7.89. The van der Waals surface area contributed by atoms with E-state index < -0.39 is 0 Å². The molecule has 0 saturated carbocycles. The van der Waals surface area contributed by atoms with Crippen LogP contribution in [0.2, 0.25) is 0 Å². The van der Waals surface area contributed by atoms with Crippen LogP contribution in [0.3, 0.4) is 0 Å². The summed E-state index contributed by atoms with van der Waals surface area (Å²) in [6, 6.07) is 2.76. The van der Waals surface area contributed by atoms with Gasteiger partial charge in [-0.05, 0) is 35.2 Å². The molecule has 0 amide bonds. The van der Waals surface area contributed by atoms with Gasteiger partial charge in [-0.25, -0.2) is 0 Å². The summed E-state index contributed by atoms with van der Waals surface area (Å²) in [7, 11) is 0. The van der Waals surface area contributed by atoms with E-state index in [4.69, 9.17) is 4.74 Å². The van der Waals surface area contributed by atoms with Gasteiger partial charge >= 0.3 is 0 Å². The molecule has 0 aromatic carbocycles. The lowest BCUT2D eigenvalue weighted by Gasteiger charge is -2.32. The van der Waals surface area contributed by atoms with Crippen molar-refractivity contribution in [1.82, 2.24) is 5.32 Å². The molecule has 90 valence electrons. The summed E-state index contributed by atoms with van der Waals surface area (Å²) < 4.78 is 5.93. The molecule has 0 radical (unpaired) electrons. The third kappa shape index (κ3) is 3.06. The molecule has 1 aromatic rings. The second-order valence-electron chi connectivity index (χ2n) is 4.81. The zero-order valence-electron chi connectivity index (χ0n) is 10.1. The summed E-state index contributed by atoms with van der Waals surface area (Å²) in [5.74, 6) is 0.630. The molecule has 1 N–H and O–H groups in total. The Hall–Kier alpha value is -0.380. The molecule has 2 unspecified atom stereocenters. The Morgan fingerprint density at radius 1 is 1.56 bits per heavy atom. The van der Waals surface area contributed by atoms with Gasteiger partial charge in [-0.2, -0.15) is 11.3 Å². The Morgan fingerprint density at radius 3 is 3.12 bits per heavy atom. The van der Waals surface area contributed by atoms with Crippen molar-refractivity contribution in [1.29, 1.82) is 0 Å². The van der Waals surface area contributed by atoms with Crippen molar-refractivity contribution in [2.75, 3.05) is 13.2 Å². The highest BCUT2D eigenvalue weighted by Gasteiger charge is 2.27. The van der Waals surface area contributed by atoms with Crippen molar-refractivity contribution in [3.8, 4) is 0 Å². The molecule has 0 bridgehead atoms. The SMILES string of the molecule is CC(C)NCC1CCCOC1c1ccsc1. The molecular weight excluding hydrogens is 218 g/mol. The van der Waals surface area contributed by atoms with Crippen molar-refractivity contribution in [3.05, 3.63) is 22.4 Å². The highest BCUT2D eigenvalue weighted by atomic mass is 32.1. The molecule has 16 heavy (non-hydrogen) atoms. The number of thiophene rings is 1. The van der Waals surface area contributed by atoms with Crippen molar-refractivity contribution < 1.29 is 4.74 Å². The minimum atomic E-state index is 0.311. The smallest absolute Gasteiger partial charge is 0.0873 e. The number of nitrogens with one attached hydrogen (secondary N) is 1. The summed E-state index contributed by atoms with van der Waals surface area (Å²) in [4.78, 5) is 0. The van der Waals surface area contributed by atoms with E-state index in [2.05, 4.69) is 36.0 Å². The van der Waals surface area contributed by atoms with E-state index in [0.29, 0.717) is 18.1 Å². The second-order valence-corrected chi connectivity index (χ2v) is 5.59. The molecule has 1 fully saturated rings. The highest BCUT2D eigenvalue weighted by molar-refractivity contribution is 7.07. The fourth-order valence-corrected chi connectivity index (χ4v) is 2.93. The normalized spacial score (nSPS) is 26.2. The molecule has 1 aromatic heterocycles. The third-order valence-electron chi connectivity index (χ3n) is 3.10. The van der Waals surface area contributed by atoms with E-state index in [1.54, 1.807) is 11.3 Å². The van der Waals surface area contributed by atoms with Gasteiger partial charge in [0, 0.05) is 25.1 Å². The predicted octanol–water partition coefficient (Wildman–Crippen LogP) is 3.21. The van der Waals surface area contributed by atoms with Crippen LogP contribution < -0.4 is 5.32 Å². The van der Waals surface area contributed by atoms with Crippen LogP contribution in [0.25, 0.3) is 0 Å². The number of hydrogen-bond donors (Lipinski definition) is 1. The number of rotatable bonds is 4. The molecule has 3 heteroatoms. The lowest BCUT2D eigenvalue weighted by molar-refractivity contribution is -0.0279. The van der Waals surface area contributed by atoms with Crippen molar-refractivity contribution in [2.45, 2.75) is 38.8 Å². The van der Waals surface area contributed by atoms with E-state index in [1.807, 2.05) is 0 Å². The van der Waals surface area contributed by atoms with Crippen LogP contribution in [0, 0.1) is 5.92 Å². The van der Waals surface area contributed by atoms with Gasteiger partial charge < -0.3 is 10.1 Å². The average Bonchev–Trinajstić information content (AvgIpc) is 2.80. The van der Waals surface area contributed by atoms with Gasteiger partial charge in [0.2, 0.25) is 0 Å². The van der Waals surface area contributed by atoms with Crippen LogP contribution in [-0.4, -0.2) is 19.2 Å². The van der Waals surface area contributed by atoms with Gasteiger partial charge in [-0.3, -0.25) is 0 Å². The van der Waals surface area contributed by atoms with Crippen LogP contribution in [0.1, 0.15) is 38.4 Å². The quantitative estimate of drug-likeness (QED) is 0.871. The molecule has 1 saturated heterocycles. The average molecular weight is 239 g/mol. The molecule has 0 spiro atoms. The summed E-state index contributed by atoms with van der Waals surface area (Å²) in [5.41, 5.74) is 1.36. The van der Waals surface area contributed by atoms with Gasteiger partial charge in [0.25, 0.3) is 0 Å². The van der Waals surface area contributed by atoms with Crippen LogP contribution >= 0.6 is 11.3 Å². The van der Waals surface area contributed by atoms with E-state index in [0.717, 1.165) is 13.2 Å². The van der Waals surface area contributed by atoms with Crippen molar-refractivity contribution >= 4 is 11.3 Å². The highest BCUT2D eigenvalue weighted by Crippen LogP contribution is 2.34. The van der Waals surface area contributed by atoms with E-state index in [9.17, 15) is 0 Å². The molecule has 1 aliphatic heterocycles. The Morgan fingerprint density at radius 2 is 2.44 bits per heavy atom. The molecular formula is C13H21NOS. The van der Waals surface area contributed by atoms with Gasteiger partial charge in [-0.1, -0.05) is 13.8 Å². The maximum absolute atomic E-state index is 5.93. The first-order chi connectivity index (χ1) is 7.77. The lowest BCUT2D eigenvalue weighted by Crippen LogP contribution is -2.34. The Bertz CT molecular complexity index is 297. The van der Waals surface area contributed by atoms with Gasteiger partial charge in [0.1, 0.15) is 0 Å². The minimum absolute atomic E-state index is 0.311. The summed E-state index contributed by atoms with van der Waals surface area (Å²) in [6.07, 6.45) is 2.79. The topological polar surface area (TPSA) is 21.3 Å². The van der Waals surface area contributed by atoms with E-state index >= 15 is 0 Å². The zero-order chi connectivity index (χ0) is 11.4. The molecule has 2 rings (SSSR count). The Balaban J connectivity index is 1.97. The maximum Gasteiger partial charge on any atom is 0.0873 e. The standard InChI is InChI=1S/C13H21NOS/c1-10(2)14-8-11-4-3-6-15-13(11)12-5-7-16-9-12/h5,7,9-11,13-14H,3-4,6,8H2,1-2H3. The molecule has 0 aliphatic carbocycles. The van der Waals surface area contributed by atoms with E-state index in [-0.39, 0.29) is 0 Å². The van der Waals surface area contributed by atoms with Crippen LogP contribution in [0.15, 0.2) is 16.8 Å². The lowest BCUT2D eigenvalue weighted by atomic mass is 9.90. The molecule has 1 aliphatic rings. The third-order valence-corrected chi connectivity index (χ3v) is 3.81. The monoisotopic (exact) mass is 239 g/mol. The first-order valence-electron chi connectivity index (χ1n) is 6.14. The van der Waals surface area contributed by atoms with Gasteiger partial charge in [-0.15, -0.1) is 0 Å². The van der Waals surface area contributed by atoms with Crippen molar-refractivity contribution in [3.63, 3.8) is 0 Å². The fourth-order valence-electron chi connectivity index (χ4n) is 2.24. The maximum atomic E-state index is 5.93. The second kappa shape index (κ2) is 5.80. The molecule has 2 heterocycles. The molecule has 2 nitrogen and oxygen atoms in total. The van der Waals surface area contributed by atoms with E-state index in [1.165, 1.54) is 18.4 Å². The van der Waals surface area contributed by atoms with Gasteiger partial charge in [0.05, 0.1) is 6.10 Å². The first-order valence-corrected chi connectivity index (χ1v) is 7.08. The number of ether oxygens (including phenoxy) is 1. The fraction of sp³-hybridized carbons (Fsp3) is 0.692. The molecule has 2 atom stereocenters. The summed E-state index contributed by atoms with van der Waals surface area (Å²) in [6.45, 7) is 6.38. The predicted molar refractivity (Wildman–Crippen MR) is 68.9 cm³/mol. The van der Waals surface area contributed by atoms with Crippen LogP contribution in [-0.2, 0) is 4.74 Å². The van der Waals surface area contributed by atoms with Crippen LogP contribution in [0.5, 0.6) is 0 Å². The summed E-state index contributed by atoms with van der Waals surface area (Å²) >= 11 is 1.76. The van der Waals surface area contributed by atoms with Crippen molar-refractivity contribution in [2.24, 2.45) is 5.92 Å². The largest absolute Gasteiger partial charge is 0.373 e. The Kier molecular flexibility index (Phi) is 4.38. The Labute approximate surface area is 102 Å². The van der Waals surface area contributed by atoms with Crippen LogP contribution in [0.4, 0.5) is 0 Å². The number of hydrogen-bond acceptors (Lipinski definition) is 3. The zero-order valence-corrected chi connectivity index (χ0v) is 10.9. The first kappa shape index (κ1) is 12.1. The van der Waals surface area contributed by atoms with Gasteiger partial charge in [0.15, 0.2) is 0 Å². The minimum Gasteiger partial charge on any atom is -0.373 e.